The Bertz CT molecular complexity index is 1210. The zero-order chi connectivity index (χ0) is 19.1. The Labute approximate surface area is 156 Å². The number of nitrogens with two attached hydrogens (primary N) is 1. The largest absolute Gasteiger partial charge is 0.322 e. The molecule has 0 fully saturated rings. The van der Waals surface area contributed by atoms with Crippen LogP contribution in [0.4, 0.5) is 5.69 Å². The molecule has 4 N–H and O–H groups in total. The maximum atomic E-state index is 12.6. The van der Waals surface area contributed by atoms with E-state index >= 15 is 0 Å². The van der Waals surface area contributed by atoms with Crippen molar-refractivity contribution in [3.63, 3.8) is 0 Å². The van der Waals surface area contributed by atoms with E-state index in [9.17, 15) is 17.4 Å². The average molecular weight is 412 g/mol. The van der Waals surface area contributed by atoms with Gasteiger partial charge < -0.3 is 9.71 Å². The lowest BCUT2D eigenvalue weighted by Gasteiger charge is -2.10. The van der Waals surface area contributed by atoms with Crippen molar-refractivity contribution >= 4 is 49.2 Å². The molecular formula is C16H14ClN3O4S2. The first kappa shape index (κ1) is 18.6. The highest BCUT2D eigenvalue weighted by Gasteiger charge is 2.15. The Morgan fingerprint density at radius 3 is 2.58 bits per heavy atom. The lowest BCUT2D eigenvalue weighted by molar-refractivity contribution is 0.597. The first-order valence-corrected chi connectivity index (χ1v) is 10.4. The highest BCUT2D eigenvalue weighted by molar-refractivity contribution is 7.89. The van der Waals surface area contributed by atoms with Gasteiger partial charge >= 0.3 is 0 Å². The summed E-state index contributed by atoms with van der Waals surface area (Å²) in [6.07, 6.45) is 0. The van der Waals surface area contributed by atoms with Crippen LogP contribution < -0.4 is 15.4 Å². The molecule has 0 amide bonds. The van der Waals surface area contributed by atoms with Crippen LogP contribution in [0, 0.1) is 6.92 Å². The van der Waals surface area contributed by atoms with Crippen LogP contribution in [0.5, 0.6) is 0 Å². The van der Waals surface area contributed by atoms with E-state index in [1.54, 1.807) is 25.1 Å². The second-order valence-electron chi connectivity index (χ2n) is 5.58. The molecule has 1 unspecified atom stereocenters. The van der Waals surface area contributed by atoms with Crippen molar-refractivity contribution in [3.05, 3.63) is 63.4 Å². The van der Waals surface area contributed by atoms with Crippen molar-refractivity contribution in [1.29, 1.82) is 0 Å². The van der Waals surface area contributed by atoms with Gasteiger partial charge in [-0.25, -0.2) is 17.8 Å². The quantitative estimate of drug-likeness (QED) is 0.609. The van der Waals surface area contributed by atoms with Crippen LogP contribution in [0.2, 0.25) is 5.02 Å². The first-order chi connectivity index (χ1) is 12.1. The number of halogens is 1. The molecule has 1 aromatic heterocycles. The number of rotatable bonds is 4. The number of sulfonamides is 1. The summed E-state index contributed by atoms with van der Waals surface area (Å²) in [6, 6.07) is 10.3. The SMILES string of the molecule is Cc1cc(=O)[nH]c2ccc(NS(=O)c3cc(S(N)(=O)=O)ccc3Cl)cc12. The molecule has 0 saturated heterocycles. The van der Waals surface area contributed by atoms with Gasteiger partial charge in [-0.1, -0.05) is 11.6 Å². The van der Waals surface area contributed by atoms with Crippen molar-refractivity contribution in [1.82, 2.24) is 4.98 Å². The van der Waals surface area contributed by atoms with E-state index in [1.807, 2.05) is 0 Å². The molecule has 3 aromatic rings. The monoisotopic (exact) mass is 411 g/mol. The van der Waals surface area contributed by atoms with Crippen LogP contribution in [0.15, 0.2) is 57.1 Å². The number of hydrogen-bond donors (Lipinski definition) is 3. The maximum absolute atomic E-state index is 12.6. The lowest BCUT2D eigenvalue weighted by atomic mass is 10.1. The smallest absolute Gasteiger partial charge is 0.248 e. The molecule has 10 heteroatoms. The van der Waals surface area contributed by atoms with Gasteiger partial charge in [0.05, 0.1) is 14.8 Å². The molecule has 136 valence electrons. The normalized spacial score (nSPS) is 12.9. The van der Waals surface area contributed by atoms with E-state index in [1.165, 1.54) is 24.3 Å². The van der Waals surface area contributed by atoms with Crippen molar-refractivity contribution in [3.8, 4) is 0 Å². The summed E-state index contributed by atoms with van der Waals surface area (Å²) in [5.41, 5.74) is 1.74. The minimum atomic E-state index is -3.94. The van der Waals surface area contributed by atoms with E-state index < -0.39 is 21.0 Å². The van der Waals surface area contributed by atoms with E-state index in [-0.39, 0.29) is 20.4 Å². The van der Waals surface area contributed by atoms with Gasteiger partial charge in [0.15, 0.2) is 11.0 Å². The second kappa shape index (κ2) is 6.84. The number of fused-ring (bicyclic) bond motifs is 1. The predicted octanol–water partition coefficient (Wildman–Crippen LogP) is 2.27. The third-order valence-electron chi connectivity index (χ3n) is 3.69. The zero-order valence-corrected chi connectivity index (χ0v) is 15.8. The van der Waals surface area contributed by atoms with E-state index in [4.69, 9.17) is 16.7 Å². The molecule has 1 atom stereocenters. The highest BCUT2D eigenvalue weighted by atomic mass is 35.5. The summed E-state index contributed by atoms with van der Waals surface area (Å²) in [4.78, 5) is 14.1. The summed E-state index contributed by atoms with van der Waals surface area (Å²) < 4.78 is 38.3. The fourth-order valence-corrected chi connectivity index (χ4v) is 4.32. The molecule has 0 aliphatic carbocycles. The Kier molecular flexibility index (Phi) is 4.89. The van der Waals surface area contributed by atoms with Gasteiger partial charge in [0.2, 0.25) is 15.6 Å². The summed E-state index contributed by atoms with van der Waals surface area (Å²) in [6.45, 7) is 1.80. The van der Waals surface area contributed by atoms with E-state index in [0.29, 0.717) is 11.2 Å². The number of pyridine rings is 1. The topological polar surface area (TPSA) is 122 Å². The van der Waals surface area contributed by atoms with Crippen molar-refractivity contribution < 1.29 is 12.6 Å². The summed E-state index contributed by atoms with van der Waals surface area (Å²) in [7, 11) is -5.76. The summed E-state index contributed by atoms with van der Waals surface area (Å²) >= 11 is 6.04. The molecular weight excluding hydrogens is 398 g/mol. The number of aryl methyl sites for hydroxylation is 1. The summed E-state index contributed by atoms with van der Waals surface area (Å²) in [5, 5.41) is 6.03. The Hall–Kier alpha value is -2.20. The number of aromatic nitrogens is 1. The third-order valence-corrected chi connectivity index (χ3v) is 6.20. The van der Waals surface area contributed by atoms with Crippen molar-refractivity contribution in [2.45, 2.75) is 16.7 Å². The highest BCUT2D eigenvalue weighted by Crippen LogP contribution is 2.25. The zero-order valence-electron chi connectivity index (χ0n) is 13.4. The van der Waals surface area contributed by atoms with Crippen molar-refractivity contribution in [2.75, 3.05) is 4.72 Å². The van der Waals surface area contributed by atoms with E-state index in [0.717, 1.165) is 10.9 Å². The third kappa shape index (κ3) is 3.80. The van der Waals surface area contributed by atoms with Crippen molar-refractivity contribution in [2.24, 2.45) is 5.14 Å². The molecule has 0 saturated carbocycles. The standard InChI is InChI=1S/C16H14ClN3O4S2/c1-9-6-16(21)19-14-5-2-10(7-12(9)14)20-25(22)15-8-11(26(18,23)24)3-4-13(15)17/h2-8,20H,1H3,(H,19,21)(H2,18,23,24). The molecule has 0 aliphatic rings. The van der Waals surface area contributed by atoms with Crippen LogP contribution in [-0.4, -0.2) is 17.6 Å². The Balaban J connectivity index is 1.98. The number of H-pyrrole nitrogens is 1. The molecule has 26 heavy (non-hydrogen) atoms. The Morgan fingerprint density at radius 2 is 1.88 bits per heavy atom. The predicted molar refractivity (Wildman–Crippen MR) is 102 cm³/mol. The van der Waals surface area contributed by atoms with Gasteiger partial charge in [-0.3, -0.25) is 4.79 Å². The lowest BCUT2D eigenvalue weighted by Crippen LogP contribution is -2.13. The molecule has 2 aromatic carbocycles. The second-order valence-corrected chi connectivity index (χ2v) is 8.74. The molecule has 3 rings (SSSR count). The first-order valence-electron chi connectivity index (χ1n) is 7.29. The molecule has 0 aliphatic heterocycles. The Morgan fingerprint density at radius 1 is 1.15 bits per heavy atom. The fraction of sp³-hybridized carbons (Fsp3) is 0.0625. The molecule has 0 bridgehead atoms. The average Bonchev–Trinajstić information content (AvgIpc) is 2.54. The number of anilines is 1. The van der Waals surface area contributed by atoms with Gasteiger partial charge in [-0.15, -0.1) is 0 Å². The van der Waals surface area contributed by atoms with E-state index in [2.05, 4.69) is 9.71 Å². The molecule has 0 radical (unpaired) electrons. The number of hydrogen-bond acceptors (Lipinski definition) is 4. The van der Waals surface area contributed by atoms with Crippen LogP contribution in [0.1, 0.15) is 5.56 Å². The fourth-order valence-electron chi connectivity index (χ4n) is 2.45. The minimum absolute atomic E-state index is 0.0940. The maximum Gasteiger partial charge on any atom is 0.248 e. The number of primary sulfonamides is 1. The molecule has 0 spiro atoms. The molecule has 1 heterocycles. The van der Waals surface area contributed by atoms with Gasteiger partial charge in [-0.2, -0.15) is 0 Å². The number of nitrogens with one attached hydrogen (secondary N) is 2. The van der Waals surface area contributed by atoms with Gasteiger partial charge in [0.25, 0.3) is 0 Å². The van der Waals surface area contributed by atoms with Gasteiger partial charge in [-0.05, 0) is 48.9 Å². The number of aromatic amines is 1. The minimum Gasteiger partial charge on any atom is -0.322 e. The van der Waals surface area contributed by atoms with Gasteiger partial charge in [0, 0.05) is 22.7 Å². The molecule has 7 nitrogen and oxygen atoms in total. The van der Waals surface area contributed by atoms with Crippen LogP contribution in [-0.2, 0) is 21.0 Å². The van der Waals surface area contributed by atoms with Crippen LogP contribution >= 0.6 is 11.6 Å². The number of benzene rings is 2. The van der Waals surface area contributed by atoms with Crippen LogP contribution in [0.25, 0.3) is 10.9 Å². The summed E-state index contributed by atoms with van der Waals surface area (Å²) in [5.74, 6) is 0. The van der Waals surface area contributed by atoms with Gasteiger partial charge in [0.1, 0.15) is 0 Å². The van der Waals surface area contributed by atoms with Crippen LogP contribution in [0.3, 0.4) is 0 Å².